The molecule has 1 heterocycles. The Hall–Kier alpha value is -3.37. The Balaban J connectivity index is 1.59. The van der Waals surface area contributed by atoms with Crippen molar-refractivity contribution in [3.05, 3.63) is 107 Å². The molecule has 1 aliphatic rings. The highest BCUT2D eigenvalue weighted by Gasteiger charge is 2.14. The normalized spacial score (nSPS) is 13.5. The van der Waals surface area contributed by atoms with E-state index in [9.17, 15) is 0 Å². The first-order valence-corrected chi connectivity index (χ1v) is 11.1. The van der Waals surface area contributed by atoms with Gasteiger partial charge in [-0.1, -0.05) is 107 Å². The largest absolute Gasteiger partial charge is 0.208 e. The van der Waals surface area contributed by atoms with Gasteiger partial charge in [-0.25, -0.2) is 15.0 Å². The van der Waals surface area contributed by atoms with Crippen LogP contribution < -0.4 is 0 Å². The molecule has 0 fully saturated rings. The van der Waals surface area contributed by atoms with Crippen molar-refractivity contribution < 1.29 is 0 Å². The Morgan fingerprint density at radius 1 is 0.548 bits per heavy atom. The van der Waals surface area contributed by atoms with E-state index >= 15 is 0 Å². The van der Waals surface area contributed by atoms with Crippen LogP contribution in [0.1, 0.15) is 18.7 Å². The Kier molecular flexibility index (Phi) is 5.55. The zero-order chi connectivity index (χ0) is 21.0. The quantitative estimate of drug-likeness (QED) is 0.316. The van der Waals surface area contributed by atoms with Gasteiger partial charge < -0.3 is 0 Å². The van der Waals surface area contributed by atoms with Gasteiger partial charge in [-0.3, -0.25) is 0 Å². The lowest BCUT2D eigenvalue weighted by Gasteiger charge is -2.12. The lowest BCUT2D eigenvalue weighted by molar-refractivity contribution is 1.000. The number of hydrogen-bond donors (Lipinski definition) is 0. The lowest BCUT2D eigenvalue weighted by atomic mass is 10.0. The van der Waals surface area contributed by atoms with Gasteiger partial charge in [-0.15, -0.1) is 0 Å². The molecule has 5 rings (SSSR count). The second kappa shape index (κ2) is 8.78. The summed E-state index contributed by atoms with van der Waals surface area (Å²) in [7, 11) is 0. The Morgan fingerprint density at radius 2 is 1.03 bits per heavy atom. The molecule has 150 valence electrons. The number of rotatable bonds is 4. The van der Waals surface area contributed by atoms with Gasteiger partial charge in [0, 0.05) is 16.7 Å². The van der Waals surface area contributed by atoms with Crippen LogP contribution in [-0.4, -0.2) is 15.0 Å². The fourth-order valence-electron chi connectivity index (χ4n) is 3.61. The highest BCUT2D eigenvalue weighted by molar-refractivity contribution is 9.11. The second-order valence-corrected chi connectivity index (χ2v) is 8.42. The van der Waals surface area contributed by atoms with Gasteiger partial charge in [0.1, 0.15) is 0 Å². The van der Waals surface area contributed by atoms with E-state index in [1.165, 1.54) is 15.6 Å². The Labute approximate surface area is 190 Å². The van der Waals surface area contributed by atoms with Gasteiger partial charge in [0.2, 0.25) is 0 Å². The maximum absolute atomic E-state index is 4.83. The van der Waals surface area contributed by atoms with Crippen molar-refractivity contribution in [3.8, 4) is 33.9 Å². The molecule has 1 aromatic heterocycles. The van der Waals surface area contributed by atoms with Crippen LogP contribution >= 0.6 is 15.9 Å². The summed E-state index contributed by atoms with van der Waals surface area (Å²) in [6, 6.07) is 28.8. The number of nitrogens with zero attached hydrogens (tertiary/aromatic N) is 3. The van der Waals surface area contributed by atoms with Gasteiger partial charge in [0.25, 0.3) is 0 Å². The zero-order valence-corrected chi connectivity index (χ0v) is 18.5. The number of hydrogen-bond acceptors (Lipinski definition) is 3. The molecule has 0 bridgehead atoms. The van der Waals surface area contributed by atoms with E-state index in [1.54, 1.807) is 0 Å². The molecule has 0 saturated heterocycles. The third-order valence-corrected chi connectivity index (χ3v) is 5.86. The van der Waals surface area contributed by atoms with Crippen molar-refractivity contribution >= 4 is 21.5 Å². The van der Waals surface area contributed by atoms with E-state index in [4.69, 9.17) is 15.0 Å². The van der Waals surface area contributed by atoms with Gasteiger partial charge >= 0.3 is 0 Å². The first-order chi connectivity index (χ1) is 15.3. The van der Waals surface area contributed by atoms with E-state index in [0.717, 1.165) is 29.5 Å². The predicted molar refractivity (Wildman–Crippen MR) is 130 cm³/mol. The van der Waals surface area contributed by atoms with E-state index in [1.807, 2.05) is 36.4 Å². The number of allylic oxidation sites excluding steroid dienone is 4. The van der Waals surface area contributed by atoms with Crippen LogP contribution in [0.15, 0.2) is 102 Å². The van der Waals surface area contributed by atoms with E-state index < -0.39 is 0 Å². The maximum atomic E-state index is 4.83. The van der Waals surface area contributed by atoms with Crippen LogP contribution in [0.2, 0.25) is 0 Å². The SMILES string of the molecule is BrC1=CC(c2nc(-c3ccccc3)nc(-c3ccc(-c4ccccc4)cc3)n2)=CCC1. The minimum absolute atomic E-state index is 0.680. The third-order valence-electron chi connectivity index (χ3n) is 5.24. The summed E-state index contributed by atoms with van der Waals surface area (Å²) in [5.41, 5.74) is 5.34. The van der Waals surface area contributed by atoms with E-state index in [-0.39, 0.29) is 0 Å². The van der Waals surface area contributed by atoms with Crippen LogP contribution in [-0.2, 0) is 0 Å². The van der Waals surface area contributed by atoms with Crippen LogP contribution in [0, 0.1) is 0 Å². The second-order valence-electron chi connectivity index (χ2n) is 7.40. The van der Waals surface area contributed by atoms with Gasteiger partial charge in [-0.2, -0.15) is 0 Å². The van der Waals surface area contributed by atoms with Gasteiger partial charge in [0.15, 0.2) is 17.5 Å². The van der Waals surface area contributed by atoms with Crippen molar-refractivity contribution in [2.45, 2.75) is 12.8 Å². The third kappa shape index (κ3) is 4.39. The average Bonchev–Trinajstić information content (AvgIpc) is 2.85. The molecule has 1 aliphatic carbocycles. The summed E-state index contributed by atoms with van der Waals surface area (Å²) in [5.74, 6) is 2.07. The summed E-state index contributed by atoms with van der Waals surface area (Å²) >= 11 is 3.63. The molecule has 3 nitrogen and oxygen atoms in total. The molecule has 0 N–H and O–H groups in total. The molecule has 0 spiro atoms. The molecule has 31 heavy (non-hydrogen) atoms. The molecule has 0 radical (unpaired) electrons. The highest BCUT2D eigenvalue weighted by Crippen LogP contribution is 2.29. The summed E-state index contributed by atoms with van der Waals surface area (Å²) in [6.07, 6.45) is 6.28. The van der Waals surface area contributed by atoms with Crippen molar-refractivity contribution in [1.29, 1.82) is 0 Å². The van der Waals surface area contributed by atoms with Gasteiger partial charge in [0.05, 0.1) is 0 Å². The molecule has 3 aromatic carbocycles. The predicted octanol–water partition coefficient (Wildman–Crippen LogP) is 7.33. The Morgan fingerprint density at radius 3 is 1.65 bits per heavy atom. The topological polar surface area (TPSA) is 38.7 Å². The average molecular weight is 466 g/mol. The molecular formula is C27H20BrN3. The summed E-state index contributed by atoms with van der Waals surface area (Å²) in [5, 5.41) is 0. The molecule has 0 saturated carbocycles. The van der Waals surface area contributed by atoms with Crippen molar-refractivity contribution in [3.63, 3.8) is 0 Å². The summed E-state index contributed by atoms with van der Waals surface area (Å²) in [4.78, 5) is 14.4. The first kappa shape index (κ1) is 19.6. The molecule has 4 heteroatoms. The molecule has 0 unspecified atom stereocenters. The summed E-state index contributed by atoms with van der Waals surface area (Å²) < 4.78 is 1.17. The van der Waals surface area contributed by atoms with Crippen LogP contribution in [0.25, 0.3) is 39.5 Å². The molecular weight excluding hydrogens is 446 g/mol. The van der Waals surface area contributed by atoms with Crippen LogP contribution in [0.3, 0.4) is 0 Å². The smallest absolute Gasteiger partial charge is 0.164 e. The van der Waals surface area contributed by atoms with Gasteiger partial charge in [-0.05, 0) is 34.5 Å². The maximum Gasteiger partial charge on any atom is 0.164 e. The fraction of sp³-hybridized carbons (Fsp3) is 0.0741. The highest BCUT2D eigenvalue weighted by atomic mass is 79.9. The fourth-order valence-corrected chi connectivity index (χ4v) is 4.09. The van der Waals surface area contributed by atoms with Crippen molar-refractivity contribution in [2.24, 2.45) is 0 Å². The number of halogens is 1. The van der Waals surface area contributed by atoms with Crippen LogP contribution in [0.5, 0.6) is 0 Å². The van der Waals surface area contributed by atoms with E-state index in [0.29, 0.717) is 17.5 Å². The number of benzene rings is 3. The minimum Gasteiger partial charge on any atom is -0.208 e. The van der Waals surface area contributed by atoms with Crippen molar-refractivity contribution in [2.75, 3.05) is 0 Å². The Bertz CT molecular complexity index is 1260. The summed E-state index contributed by atoms with van der Waals surface area (Å²) in [6.45, 7) is 0. The first-order valence-electron chi connectivity index (χ1n) is 10.3. The molecule has 0 atom stereocenters. The molecule has 4 aromatic rings. The minimum atomic E-state index is 0.680. The van der Waals surface area contributed by atoms with Crippen LogP contribution in [0.4, 0.5) is 0 Å². The molecule has 0 aliphatic heterocycles. The standard InChI is InChI=1S/C27H20BrN3/c28-24-13-7-12-23(18-24)27-30-25(21-10-5-2-6-11-21)29-26(31-27)22-16-14-20(15-17-22)19-8-3-1-4-9-19/h1-6,8-12,14-18H,7,13H2. The zero-order valence-electron chi connectivity index (χ0n) is 16.9. The molecule has 0 amide bonds. The van der Waals surface area contributed by atoms with E-state index in [2.05, 4.69) is 76.6 Å². The van der Waals surface area contributed by atoms with Crippen molar-refractivity contribution in [1.82, 2.24) is 15.0 Å². The number of aromatic nitrogens is 3. The lowest BCUT2D eigenvalue weighted by Crippen LogP contribution is -2.03. The monoisotopic (exact) mass is 465 g/mol.